The van der Waals surface area contributed by atoms with E-state index in [1.54, 1.807) is 12.3 Å². The van der Waals surface area contributed by atoms with Crippen LogP contribution in [0, 0.1) is 6.92 Å². The van der Waals surface area contributed by atoms with Crippen molar-refractivity contribution < 1.29 is 0 Å². The topological polar surface area (TPSA) is 32.9 Å². The zero-order valence-electron chi connectivity index (χ0n) is 6.79. The first kappa shape index (κ1) is 7.10. The van der Waals surface area contributed by atoms with Crippen LogP contribution in [-0.4, -0.2) is 4.98 Å². The van der Waals surface area contributed by atoms with Crippen molar-refractivity contribution in [3.63, 3.8) is 0 Å². The Morgan fingerprint density at radius 1 is 1.33 bits per heavy atom. The Balaban J connectivity index is 2.97. The molecular formula is C10H9NO. The van der Waals surface area contributed by atoms with Crippen molar-refractivity contribution >= 4 is 10.8 Å². The van der Waals surface area contributed by atoms with Gasteiger partial charge in [-0.3, -0.25) is 4.79 Å². The first-order valence-corrected chi connectivity index (χ1v) is 3.85. The first-order valence-electron chi connectivity index (χ1n) is 3.85. The summed E-state index contributed by atoms with van der Waals surface area (Å²) in [6.07, 6.45) is 1.74. The SMILES string of the molecule is Cc1cccc2c[nH]c(=O)cc12. The first-order chi connectivity index (χ1) is 5.77. The van der Waals surface area contributed by atoms with E-state index in [9.17, 15) is 4.79 Å². The van der Waals surface area contributed by atoms with Crippen LogP contribution >= 0.6 is 0 Å². The fourth-order valence-electron chi connectivity index (χ4n) is 1.35. The molecule has 1 heterocycles. The average molecular weight is 159 g/mol. The Labute approximate surface area is 69.9 Å². The standard InChI is InChI=1S/C10H9NO/c1-7-3-2-4-8-6-11-10(12)5-9(7)8/h2-6H,1H3,(H,11,12). The molecule has 0 atom stereocenters. The lowest BCUT2D eigenvalue weighted by Gasteiger charge is -1.98. The summed E-state index contributed by atoms with van der Waals surface area (Å²) in [6.45, 7) is 2.00. The lowest BCUT2D eigenvalue weighted by atomic mass is 10.1. The summed E-state index contributed by atoms with van der Waals surface area (Å²) in [4.78, 5) is 13.6. The zero-order valence-corrected chi connectivity index (χ0v) is 6.79. The number of aryl methyl sites for hydroxylation is 1. The summed E-state index contributed by atoms with van der Waals surface area (Å²) in [5.74, 6) is 0. The van der Waals surface area contributed by atoms with Crippen LogP contribution in [-0.2, 0) is 0 Å². The van der Waals surface area contributed by atoms with E-state index in [1.165, 1.54) is 0 Å². The highest BCUT2D eigenvalue weighted by molar-refractivity contribution is 5.84. The molecule has 2 heteroatoms. The summed E-state index contributed by atoms with van der Waals surface area (Å²) in [5.41, 5.74) is 1.09. The molecule has 1 aromatic carbocycles. The highest BCUT2D eigenvalue weighted by Gasteiger charge is 1.95. The van der Waals surface area contributed by atoms with E-state index >= 15 is 0 Å². The van der Waals surface area contributed by atoms with Crippen LogP contribution in [0.4, 0.5) is 0 Å². The quantitative estimate of drug-likeness (QED) is 0.625. The summed E-state index contributed by atoms with van der Waals surface area (Å²) < 4.78 is 0. The number of hydrogen-bond acceptors (Lipinski definition) is 1. The van der Waals surface area contributed by atoms with Gasteiger partial charge in [0.1, 0.15) is 0 Å². The van der Waals surface area contributed by atoms with Crippen molar-refractivity contribution in [1.82, 2.24) is 4.98 Å². The number of aromatic nitrogens is 1. The Hall–Kier alpha value is -1.57. The lowest BCUT2D eigenvalue weighted by Crippen LogP contribution is -2.01. The number of nitrogens with one attached hydrogen (secondary N) is 1. The maximum atomic E-state index is 11.0. The van der Waals surface area contributed by atoms with Crippen LogP contribution in [0.5, 0.6) is 0 Å². The van der Waals surface area contributed by atoms with Gasteiger partial charge in [-0.2, -0.15) is 0 Å². The fraction of sp³-hybridized carbons (Fsp3) is 0.100. The van der Waals surface area contributed by atoms with Crippen molar-refractivity contribution in [2.45, 2.75) is 6.92 Å². The van der Waals surface area contributed by atoms with Gasteiger partial charge in [0, 0.05) is 12.3 Å². The number of rotatable bonds is 0. The number of fused-ring (bicyclic) bond motifs is 1. The van der Waals surface area contributed by atoms with Gasteiger partial charge in [0.25, 0.3) is 0 Å². The molecule has 1 aromatic heterocycles. The molecule has 0 aliphatic carbocycles. The predicted octanol–water partition coefficient (Wildman–Crippen LogP) is 1.84. The lowest BCUT2D eigenvalue weighted by molar-refractivity contribution is 1.26. The minimum Gasteiger partial charge on any atom is -0.328 e. The molecule has 0 bridgehead atoms. The highest BCUT2D eigenvalue weighted by Crippen LogP contribution is 2.14. The normalized spacial score (nSPS) is 10.4. The van der Waals surface area contributed by atoms with E-state index in [2.05, 4.69) is 4.98 Å². The van der Waals surface area contributed by atoms with Gasteiger partial charge in [-0.15, -0.1) is 0 Å². The predicted molar refractivity (Wildman–Crippen MR) is 49.3 cm³/mol. The van der Waals surface area contributed by atoms with Crippen LogP contribution in [0.2, 0.25) is 0 Å². The second kappa shape index (κ2) is 2.48. The van der Waals surface area contributed by atoms with Crippen molar-refractivity contribution in [1.29, 1.82) is 0 Å². The molecule has 0 aliphatic rings. The van der Waals surface area contributed by atoms with E-state index < -0.39 is 0 Å². The van der Waals surface area contributed by atoms with Gasteiger partial charge in [0.15, 0.2) is 0 Å². The van der Waals surface area contributed by atoms with E-state index in [4.69, 9.17) is 0 Å². The van der Waals surface area contributed by atoms with Crippen LogP contribution in [0.1, 0.15) is 5.56 Å². The largest absolute Gasteiger partial charge is 0.328 e. The van der Waals surface area contributed by atoms with Crippen LogP contribution in [0.3, 0.4) is 0 Å². The van der Waals surface area contributed by atoms with Crippen LogP contribution in [0.15, 0.2) is 35.3 Å². The van der Waals surface area contributed by atoms with Gasteiger partial charge in [0.2, 0.25) is 5.56 Å². The summed E-state index contributed by atoms with van der Waals surface area (Å²) in [6, 6.07) is 7.60. The molecule has 0 unspecified atom stereocenters. The molecule has 2 nitrogen and oxygen atoms in total. The van der Waals surface area contributed by atoms with Crippen molar-refractivity contribution in [3.8, 4) is 0 Å². The third-order valence-corrected chi connectivity index (χ3v) is 2.00. The van der Waals surface area contributed by atoms with E-state index in [0.717, 1.165) is 16.3 Å². The monoisotopic (exact) mass is 159 g/mol. The molecule has 1 N–H and O–H groups in total. The molecular weight excluding hydrogens is 150 g/mol. The number of benzene rings is 1. The molecule has 0 aliphatic heterocycles. The number of hydrogen-bond donors (Lipinski definition) is 1. The van der Waals surface area contributed by atoms with Gasteiger partial charge < -0.3 is 4.98 Å². The molecule has 0 spiro atoms. The van der Waals surface area contributed by atoms with Gasteiger partial charge in [-0.05, 0) is 23.3 Å². The minimum atomic E-state index is -0.0446. The minimum absolute atomic E-state index is 0.0446. The highest BCUT2D eigenvalue weighted by atomic mass is 16.1. The number of pyridine rings is 1. The number of H-pyrrole nitrogens is 1. The Kier molecular flexibility index (Phi) is 1.47. The van der Waals surface area contributed by atoms with Gasteiger partial charge in [-0.25, -0.2) is 0 Å². The van der Waals surface area contributed by atoms with Gasteiger partial charge >= 0.3 is 0 Å². The zero-order chi connectivity index (χ0) is 8.55. The Bertz CT molecular complexity index is 470. The summed E-state index contributed by atoms with van der Waals surface area (Å²) in [7, 11) is 0. The van der Waals surface area contributed by atoms with E-state index in [1.807, 2.05) is 25.1 Å². The maximum Gasteiger partial charge on any atom is 0.248 e. The Morgan fingerprint density at radius 3 is 3.00 bits per heavy atom. The van der Waals surface area contributed by atoms with Gasteiger partial charge in [0.05, 0.1) is 0 Å². The third kappa shape index (κ3) is 1.01. The molecule has 0 radical (unpaired) electrons. The molecule has 0 saturated carbocycles. The number of aromatic amines is 1. The van der Waals surface area contributed by atoms with Crippen LogP contribution in [0.25, 0.3) is 10.8 Å². The molecule has 2 rings (SSSR count). The summed E-state index contributed by atoms with van der Waals surface area (Å²) in [5, 5.41) is 2.11. The summed E-state index contributed by atoms with van der Waals surface area (Å²) >= 11 is 0. The average Bonchev–Trinajstić information content (AvgIpc) is 2.07. The Morgan fingerprint density at radius 2 is 2.17 bits per heavy atom. The molecule has 2 aromatic rings. The fourth-order valence-corrected chi connectivity index (χ4v) is 1.35. The molecule has 0 saturated heterocycles. The smallest absolute Gasteiger partial charge is 0.248 e. The van der Waals surface area contributed by atoms with Crippen molar-refractivity contribution in [2.24, 2.45) is 0 Å². The van der Waals surface area contributed by atoms with Crippen LogP contribution < -0.4 is 5.56 Å². The van der Waals surface area contributed by atoms with Crippen molar-refractivity contribution in [2.75, 3.05) is 0 Å². The van der Waals surface area contributed by atoms with Crippen molar-refractivity contribution in [3.05, 3.63) is 46.4 Å². The maximum absolute atomic E-state index is 11.0. The molecule has 12 heavy (non-hydrogen) atoms. The molecule has 0 fully saturated rings. The second-order valence-corrected chi connectivity index (χ2v) is 2.88. The van der Waals surface area contributed by atoms with E-state index in [-0.39, 0.29) is 5.56 Å². The molecule has 0 amide bonds. The molecule has 60 valence electrons. The second-order valence-electron chi connectivity index (χ2n) is 2.88. The third-order valence-electron chi connectivity index (χ3n) is 2.00. The van der Waals surface area contributed by atoms with E-state index in [0.29, 0.717) is 0 Å². The van der Waals surface area contributed by atoms with Gasteiger partial charge in [-0.1, -0.05) is 18.2 Å².